The fourth-order valence-electron chi connectivity index (χ4n) is 1.76. The number of anilines is 1. The Labute approximate surface area is 105 Å². The van der Waals surface area contributed by atoms with Crippen LogP contribution >= 0.6 is 11.6 Å². The molecule has 0 radical (unpaired) electrons. The highest BCUT2D eigenvalue weighted by molar-refractivity contribution is 6.21. The van der Waals surface area contributed by atoms with E-state index < -0.39 is 0 Å². The van der Waals surface area contributed by atoms with Crippen molar-refractivity contribution in [1.82, 2.24) is 15.0 Å². The van der Waals surface area contributed by atoms with Crippen LogP contribution in [0.15, 0.2) is 0 Å². The lowest BCUT2D eigenvalue weighted by Gasteiger charge is -2.29. The fraction of sp³-hybridized carbons (Fsp3) is 0.700. The molecule has 2 heterocycles. The van der Waals surface area contributed by atoms with E-state index in [4.69, 9.17) is 21.1 Å². The Morgan fingerprint density at radius 1 is 1.18 bits per heavy atom. The molecule has 1 saturated heterocycles. The Bertz CT molecular complexity index is 368. The van der Waals surface area contributed by atoms with Crippen LogP contribution in [0.25, 0.3) is 0 Å². The minimum absolute atomic E-state index is 0.137. The second kappa shape index (κ2) is 5.35. The third-order valence-electron chi connectivity index (χ3n) is 2.59. The standard InChI is InChI=1S/C10H15ClN4O2/c1-16-9-12-8(13-10(14-9)17-2)15-5-3-4-7(11)6-15/h7H,3-6H2,1-2H3. The third kappa shape index (κ3) is 2.88. The fourth-order valence-corrected chi connectivity index (χ4v) is 2.08. The predicted molar refractivity (Wildman–Crippen MR) is 64.0 cm³/mol. The first kappa shape index (κ1) is 12.2. The molecule has 0 N–H and O–H groups in total. The normalized spacial score (nSPS) is 20.2. The maximum atomic E-state index is 6.13. The Kier molecular flexibility index (Phi) is 3.83. The van der Waals surface area contributed by atoms with E-state index in [0.717, 1.165) is 25.9 Å². The van der Waals surface area contributed by atoms with E-state index in [1.54, 1.807) is 0 Å². The molecule has 1 atom stereocenters. The number of alkyl halides is 1. The number of hydrogen-bond acceptors (Lipinski definition) is 6. The lowest BCUT2D eigenvalue weighted by molar-refractivity contribution is 0.339. The van der Waals surface area contributed by atoms with Gasteiger partial charge in [0.25, 0.3) is 0 Å². The summed E-state index contributed by atoms with van der Waals surface area (Å²) in [5, 5.41) is 0.137. The maximum absolute atomic E-state index is 6.13. The first-order valence-electron chi connectivity index (χ1n) is 5.46. The number of methoxy groups -OCH3 is 2. The lowest BCUT2D eigenvalue weighted by Crippen LogP contribution is -2.37. The molecule has 1 fully saturated rings. The van der Waals surface area contributed by atoms with Gasteiger partial charge in [-0.1, -0.05) is 0 Å². The molecule has 6 nitrogen and oxygen atoms in total. The topological polar surface area (TPSA) is 60.4 Å². The zero-order chi connectivity index (χ0) is 12.3. The van der Waals surface area contributed by atoms with Crippen molar-refractivity contribution >= 4 is 17.5 Å². The van der Waals surface area contributed by atoms with Gasteiger partial charge in [-0.2, -0.15) is 9.97 Å². The van der Waals surface area contributed by atoms with E-state index in [1.165, 1.54) is 14.2 Å². The number of hydrogen-bond donors (Lipinski definition) is 0. The molecule has 17 heavy (non-hydrogen) atoms. The number of ether oxygens (including phenoxy) is 2. The highest BCUT2D eigenvalue weighted by Gasteiger charge is 2.21. The largest absolute Gasteiger partial charge is 0.467 e. The number of rotatable bonds is 3. The lowest BCUT2D eigenvalue weighted by atomic mass is 10.1. The highest BCUT2D eigenvalue weighted by Crippen LogP contribution is 2.22. The van der Waals surface area contributed by atoms with Crippen molar-refractivity contribution in [3.8, 4) is 12.0 Å². The average Bonchev–Trinajstić information content (AvgIpc) is 2.38. The van der Waals surface area contributed by atoms with Gasteiger partial charge in [0.2, 0.25) is 5.95 Å². The summed E-state index contributed by atoms with van der Waals surface area (Å²) in [5.74, 6) is 0.555. The van der Waals surface area contributed by atoms with Crippen LogP contribution in [0.4, 0.5) is 5.95 Å². The van der Waals surface area contributed by atoms with Crippen molar-refractivity contribution in [2.75, 3.05) is 32.2 Å². The van der Waals surface area contributed by atoms with E-state index in [-0.39, 0.29) is 17.4 Å². The van der Waals surface area contributed by atoms with Gasteiger partial charge >= 0.3 is 12.0 Å². The summed E-state index contributed by atoms with van der Waals surface area (Å²) in [4.78, 5) is 14.4. The van der Waals surface area contributed by atoms with Gasteiger partial charge in [0.1, 0.15) is 0 Å². The van der Waals surface area contributed by atoms with Gasteiger partial charge in [0, 0.05) is 13.1 Å². The van der Waals surface area contributed by atoms with E-state index in [1.807, 2.05) is 4.90 Å². The van der Waals surface area contributed by atoms with Crippen molar-refractivity contribution < 1.29 is 9.47 Å². The Morgan fingerprint density at radius 3 is 2.35 bits per heavy atom. The quantitative estimate of drug-likeness (QED) is 0.757. The van der Waals surface area contributed by atoms with Gasteiger partial charge in [-0.3, -0.25) is 0 Å². The molecular formula is C10H15ClN4O2. The van der Waals surface area contributed by atoms with E-state index in [2.05, 4.69) is 15.0 Å². The summed E-state index contributed by atoms with van der Waals surface area (Å²) >= 11 is 6.13. The zero-order valence-electron chi connectivity index (χ0n) is 9.89. The Hall–Kier alpha value is -1.30. The molecule has 1 aliphatic heterocycles. The van der Waals surface area contributed by atoms with Crippen LogP contribution < -0.4 is 14.4 Å². The van der Waals surface area contributed by atoms with Crippen LogP contribution in [0.5, 0.6) is 12.0 Å². The molecule has 2 rings (SSSR count). The Balaban J connectivity index is 2.23. The minimum atomic E-state index is 0.137. The highest BCUT2D eigenvalue weighted by atomic mass is 35.5. The molecule has 0 saturated carbocycles. The summed E-state index contributed by atoms with van der Waals surface area (Å²) < 4.78 is 10.0. The van der Waals surface area contributed by atoms with Gasteiger partial charge in [0.15, 0.2) is 0 Å². The molecule has 1 aromatic heterocycles. The molecule has 7 heteroatoms. The zero-order valence-corrected chi connectivity index (χ0v) is 10.6. The Morgan fingerprint density at radius 2 is 1.82 bits per heavy atom. The van der Waals surface area contributed by atoms with E-state index >= 15 is 0 Å². The number of nitrogens with zero attached hydrogens (tertiary/aromatic N) is 4. The third-order valence-corrected chi connectivity index (χ3v) is 2.95. The van der Waals surface area contributed by atoms with Gasteiger partial charge < -0.3 is 14.4 Å². The van der Waals surface area contributed by atoms with Crippen molar-refractivity contribution in [2.24, 2.45) is 0 Å². The molecule has 94 valence electrons. The summed E-state index contributed by atoms with van der Waals surface area (Å²) in [5.41, 5.74) is 0. The van der Waals surface area contributed by atoms with Crippen molar-refractivity contribution in [2.45, 2.75) is 18.2 Å². The van der Waals surface area contributed by atoms with E-state index in [9.17, 15) is 0 Å². The van der Waals surface area contributed by atoms with Gasteiger partial charge in [-0.25, -0.2) is 0 Å². The molecule has 0 spiro atoms. The van der Waals surface area contributed by atoms with Crippen LogP contribution in [0.2, 0.25) is 0 Å². The predicted octanol–water partition coefficient (Wildman–Crippen LogP) is 1.10. The summed E-state index contributed by atoms with van der Waals surface area (Å²) in [6.07, 6.45) is 2.06. The molecular weight excluding hydrogens is 244 g/mol. The molecule has 0 aromatic carbocycles. The first-order chi connectivity index (χ1) is 8.22. The second-order valence-corrected chi connectivity index (χ2v) is 4.41. The summed E-state index contributed by atoms with van der Waals surface area (Å²) in [6, 6.07) is 0.507. The molecule has 0 amide bonds. The maximum Gasteiger partial charge on any atom is 0.324 e. The average molecular weight is 259 g/mol. The molecule has 1 unspecified atom stereocenters. The number of halogens is 1. The smallest absolute Gasteiger partial charge is 0.324 e. The summed E-state index contributed by atoms with van der Waals surface area (Å²) in [7, 11) is 3.03. The van der Waals surface area contributed by atoms with Gasteiger partial charge in [-0.15, -0.1) is 16.6 Å². The number of piperidine rings is 1. The van der Waals surface area contributed by atoms with Crippen LogP contribution in [0.3, 0.4) is 0 Å². The SMILES string of the molecule is COc1nc(OC)nc(N2CCCC(Cl)C2)n1. The second-order valence-electron chi connectivity index (χ2n) is 3.79. The molecule has 1 aromatic rings. The summed E-state index contributed by atoms with van der Waals surface area (Å²) in [6.45, 7) is 1.62. The van der Waals surface area contributed by atoms with Crippen LogP contribution in [-0.4, -0.2) is 47.6 Å². The van der Waals surface area contributed by atoms with Gasteiger partial charge in [0.05, 0.1) is 19.6 Å². The first-order valence-corrected chi connectivity index (χ1v) is 5.89. The van der Waals surface area contributed by atoms with Crippen molar-refractivity contribution in [3.05, 3.63) is 0 Å². The van der Waals surface area contributed by atoms with E-state index in [0.29, 0.717) is 5.95 Å². The molecule has 0 bridgehead atoms. The monoisotopic (exact) mass is 258 g/mol. The minimum Gasteiger partial charge on any atom is -0.467 e. The number of aromatic nitrogens is 3. The van der Waals surface area contributed by atoms with Gasteiger partial charge in [-0.05, 0) is 12.8 Å². The van der Waals surface area contributed by atoms with Crippen LogP contribution in [0, 0.1) is 0 Å². The van der Waals surface area contributed by atoms with Crippen molar-refractivity contribution in [1.29, 1.82) is 0 Å². The van der Waals surface area contributed by atoms with Crippen LogP contribution in [-0.2, 0) is 0 Å². The molecule has 0 aliphatic carbocycles. The van der Waals surface area contributed by atoms with Crippen molar-refractivity contribution in [3.63, 3.8) is 0 Å². The molecule has 1 aliphatic rings. The van der Waals surface area contributed by atoms with Crippen LogP contribution in [0.1, 0.15) is 12.8 Å².